The van der Waals surface area contributed by atoms with Crippen LogP contribution in [0.25, 0.3) is 16.8 Å². The summed E-state index contributed by atoms with van der Waals surface area (Å²) in [5.41, 5.74) is 1.02. The summed E-state index contributed by atoms with van der Waals surface area (Å²) in [6, 6.07) is 10.6. The van der Waals surface area contributed by atoms with Gasteiger partial charge in [-0.3, -0.25) is 4.89 Å². The Morgan fingerprint density at radius 3 is 2.50 bits per heavy atom. The minimum absolute atomic E-state index is 0.246. The number of fused-ring (bicyclic) bond motifs is 1. The molecule has 1 N–H and O–H groups in total. The van der Waals surface area contributed by atoms with Crippen LogP contribution < -0.4 is 4.89 Å². The van der Waals surface area contributed by atoms with Crippen molar-refractivity contribution in [2.24, 2.45) is 0 Å². The minimum Gasteiger partial charge on any atom is -0.478 e. The Labute approximate surface area is 127 Å². The molecule has 0 saturated heterocycles. The van der Waals surface area contributed by atoms with Gasteiger partial charge >= 0.3 is 11.9 Å². The molecule has 0 bridgehead atoms. The molecule has 2 aromatic carbocycles. The summed E-state index contributed by atoms with van der Waals surface area (Å²) >= 11 is 0. The number of hydrogen-bond donors (Lipinski definition) is 1. The van der Waals surface area contributed by atoms with E-state index in [1.165, 1.54) is 13.0 Å². The molecule has 112 valence electrons. The summed E-state index contributed by atoms with van der Waals surface area (Å²) in [5, 5.41) is 10.4. The van der Waals surface area contributed by atoms with E-state index in [4.69, 9.17) is 9.99 Å². The molecule has 0 amide bonds. The smallest absolute Gasteiger partial charge is 0.381 e. The fourth-order valence-corrected chi connectivity index (χ4v) is 1.72. The Kier molecular flexibility index (Phi) is 4.58. The summed E-state index contributed by atoms with van der Waals surface area (Å²) in [7, 11) is 0. The summed E-state index contributed by atoms with van der Waals surface area (Å²) in [5.74, 6) is -1.24. The molecule has 0 spiro atoms. The third-order valence-corrected chi connectivity index (χ3v) is 2.82. The van der Waals surface area contributed by atoms with Gasteiger partial charge in [-0.2, -0.15) is 0 Å². The number of carboxylic acids is 1. The highest BCUT2D eigenvalue weighted by atomic mass is 17.2. The Hall–Kier alpha value is -3.08. The zero-order valence-electron chi connectivity index (χ0n) is 11.9. The summed E-state index contributed by atoms with van der Waals surface area (Å²) in [6.07, 6.45) is 2.59. The Balaban J connectivity index is 2.18. The Morgan fingerprint density at radius 2 is 1.82 bits per heavy atom. The average Bonchev–Trinajstić information content (AvgIpc) is 2.50. The van der Waals surface area contributed by atoms with Gasteiger partial charge in [-0.25, -0.2) is 14.5 Å². The molecule has 5 nitrogen and oxygen atoms in total. The van der Waals surface area contributed by atoms with E-state index in [1.54, 1.807) is 24.3 Å². The lowest BCUT2D eigenvalue weighted by Crippen LogP contribution is -2.08. The number of carbonyl (C=O) groups is 2. The van der Waals surface area contributed by atoms with E-state index < -0.39 is 11.9 Å². The SMILES string of the molecule is C=C(C)C(=O)OOc1ccc2cc(/C=C/C(=O)O)ccc2c1. The van der Waals surface area contributed by atoms with E-state index >= 15 is 0 Å². The average molecular weight is 298 g/mol. The van der Waals surface area contributed by atoms with Crippen molar-refractivity contribution >= 4 is 28.8 Å². The van der Waals surface area contributed by atoms with Crippen LogP contribution >= 0.6 is 0 Å². The lowest BCUT2D eigenvalue weighted by molar-refractivity contribution is -0.208. The van der Waals surface area contributed by atoms with Gasteiger partial charge in [-0.05, 0) is 47.5 Å². The van der Waals surface area contributed by atoms with E-state index in [2.05, 4.69) is 11.5 Å². The molecule has 0 heterocycles. The van der Waals surface area contributed by atoms with Crippen LogP contribution in [0.2, 0.25) is 0 Å². The van der Waals surface area contributed by atoms with Crippen molar-refractivity contribution in [1.29, 1.82) is 0 Å². The van der Waals surface area contributed by atoms with Crippen LogP contribution in [0, 0.1) is 0 Å². The molecule has 0 aliphatic heterocycles. The minimum atomic E-state index is -0.997. The van der Waals surface area contributed by atoms with Crippen LogP contribution in [-0.2, 0) is 14.5 Å². The number of carbonyl (C=O) groups excluding carboxylic acids is 1. The molecule has 0 aliphatic carbocycles. The van der Waals surface area contributed by atoms with E-state index in [0.717, 1.165) is 22.4 Å². The van der Waals surface area contributed by atoms with Crippen molar-refractivity contribution < 1.29 is 24.5 Å². The van der Waals surface area contributed by atoms with Crippen LogP contribution in [0.1, 0.15) is 12.5 Å². The van der Waals surface area contributed by atoms with Gasteiger partial charge in [0.2, 0.25) is 0 Å². The van der Waals surface area contributed by atoms with Crippen LogP contribution in [0.15, 0.2) is 54.6 Å². The number of rotatable bonds is 5. The quantitative estimate of drug-likeness (QED) is 0.520. The predicted octanol–water partition coefficient (Wildman–Crippen LogP) is 3.35. The second-order valence-electron chi connectivity index (χ2n) is 4.67. The third kappa shape index (κ3) is 3.96. The molecule has 0 aromatic heterocycles. The van der Waals surface area contributed by atoms with Gasteiger partial charge < -0.3 is 5.11 Å². The molecule has 0 aliphatic rings. The largest absolute Gasteiger partial charge is 0.478 e. The Morgan fingerprint density at radius 1 is 1.14 bits per heavy atom. The molecule has 0 unspecified atom stereocenters. The monoisotopic (exact) mass is 298 g/mol. The fraction of sp³-hybridized carbons (Fsp3) is 0.0588. The number of aliphatic carboxylic acids is 1. The molecule has 0 fully saturated rings. The predicted molar refractivity (Wildman–Crippen MR) is 82.2 cm³/mol. The zero-order chi connectivity index (χ0) is 16.1. The zero-order valence-corrected chi connectivity index (χ0v) is 11.9. The summed E-state index contributed by atoms with van der Waals surface area (Å²) in [6.45, 7) is 4.98. The highest BCUT2D eigenvalue weighted by Crippen LogP contribution is 2.23. The van der Waals surface area contributed by atoms with Gasteiger partial charge in [-0.1, -0.05) is 24.8 Å². The number of carboxylic acid groups (broad SMARTS) is 1. The van der Waals surface area contributed by atoms with E-state index in [0.29, 0.717) is 5.75 Å². The standard InChI is InChI=1S/C17H14O5/c1-11(2)17(20)22-21-15-7-6-13-9-12(4-8-16(18)19)3-5-14(13)10-15/h3-10H,1H2,2H3,(H,18,19)/b8-4+. The van der Waals surface area contributed by atoms with Gasteiger partial charge in [0.1, 0.15) is 0 Å². The highest BCUT2D eigenvalue weighted by molar-refractivity contribution is 5.89. The molecule has 22 heavy (non-hydrogen) atoms. The maximum absolute atomic E-state index is 11.2. The first-order valence-electron chi connectivity index (χ1n) is 6.45. The van der Waals surface area contributed by atoms with Gasteiger partial charge in [0.15, 0.2) is 5.75 Å². The van der Waals surface area contributed by atoms with Gasteiger partial charge in [0.25, 0.3) is 0 Å². The lowest BCUT2D eigenvalue weighted by Gasteiger charge is -2.06. The van der Waals surface area contributed by atoms with Crippen molar-refractivity contribution in [2.45, 2.75) is 6.92 Å². The highest BCUT2D eigenvalue weighted by Gasteiger charge is 2.06. The third-order valence-electron chi connectivity index (χ3n) is 2.82. The Bertz CT molecular complexity index is 774. The van der Waals surface area contributed by atoms with Crippen molar-refractivity contribution in [3.8, 4) is 5.75 Å². The molecule has 5 heteroatoms. The maximum atomic E-state index is 11.2. The molecular formula is C17H14O5. The lowest BCUT2D eigenvalue weighted by atomic mass is 10.1. The van der Waals surface area contributed by atoms with Crippen molar-refractivity contribution in [3.05, 3.63) is 60.2 Å². The van der Waals surface area contributed by atoms with Crippen molar-refractivity contribution in [2.75, 3.05) is 0 Å². The van der Waals surface area contributed by atoms with Crippen LogP contribution in [0.5, 0.6) is 5.75 Å². The topological polar surface area (TPSA) is 72.8 Å². The first-order chi connectivity index (χ1) is 10.5. The van der Waals surface area contributed by atoms with Gasteiger partial charge in [0, 0.05) is 11.6 Å². The first kappa shape index (κ1) is 15.3. The molecule has 2 aromatic rings. The van der Waals surface area contributed by atoms with Crippen LogP contribution in [0.4, 0.5) is 0 Å². The van der Waals surface area contributed by atoms with Crippen molar-refractivity contribution in [3.63, 3.8) is 0 Å². The molecule has 0 atom stereocenters. The van der Waals surface area contributed by atoms with Crippen LogP contribution in [-0.4, -0.2) is 17.0 Å². The number of hydrogen-bond acceptors (Lipinski definition) is 4. The van der Waals surface area contributed by atoms with E-state index in [-0.39, 0.29) is 5.57 Å². The normalized spacial score (nSPS) is 10.6. The molecule has 0 radical (unpaired) electrons. The van der Waals surface area contributed by atoms with E-state index in [9.17, 15) is 9.59 Å². The van der Waals surface area contributed by atoms with Crippen LogP contribution in [0.3, 0.4) is 0 Å². The summed E-state index contributed by atoms with van der Waals surface area (Å²) < 4.78 is 0. The van der Waals surface area contributed by atoms with Gasteiger partial charge in [0.05, 0.1) is 0 Å². The van der Waals surface area contributed by atoms with Gasteiger partial charge in [-0.15, -0.1) is 0 Å². The molecular weight excluding hydrogens is 284 g/mol. The maximum Gasteiger partial charge on any atom is 0.381 e. The number of benzene rings is 2. The molecule has 0 saturated carbocycles. The second kappa shape index (κ2) is 6.58. The first-order valence-corrected chi connectivity index (χ1v) is 6.45. The van der Waals surface area contributed by atoms with E-state index in [1.807, 2.05) is 12.1 Å². The fourth-order valence-electron chi connectivity index (χ4n) is 1.72. The second-order valence-corrected chi connectivity index (χ2v) is 4.67. The molecule has 2 rings (SSSR count). The van der Waals surface area contributed by atoms with Crippen molar-refractivity contribution in [1.82, 2.24) is 0 Å². The summed E-state index contributed by atoms with van der Waals surface area (Å²) in [4.78, 5) is 31.3.